The van der Waals surface area contributed by atoms with Gasteiger partial charge in [-0.15, -0.1) is 11.3 Å². The molecule has 2 unspecified atom stereocenters. The lowest BCUT2D eigenvalue weighted by Crippen LogP contribution is -2.36. The number of thiophene rings is 1. The number of hydrogen-bond acceptors (Lipinski definition) is 2. The van der Waals surface area contributed by atoms with E-state index in [0.29, 0.717) is 12.1 Å². The monoisotopic (exact) mass is 261 g/mol. The van der Waals surface area contributed by atoms with Crippen molar-refractivity contribution in [2.45, 2.75) is 57.0 Å². The van der Waals surface area contributed by atoms with E-state index in [0.717, 1.165) is 5.92 Å². The maximum Gasteiger partial charge on any atom is 0.0445 e. The van der Waals surface area contributed by atoms with Gasteiger partial charge in [-0.2, -0.15) is 0 Å². The van der Waals surface area contributed by atoms with Crippen molar-refractivity contribution in [1.29, 1.82) is 0 Å². The van der Waals surface area contributed by atoms with Crippen molar-refractivity contribution in [3.05, 3.63) is 34.5 Å². The van der Waals surface area contributed by atoms with Crippen LogP contribution in [0.25, 0.3) is 0 Å². The summed E-state index contributed by atoms with van der Waals surface area (Å²) in [4.78, 5) is 1.55. The summed E-state index contributed by atoms with van der Waals surface area (Å²) in [6, 6.07) is 5.83. The second-order valence-corrected chi connectivity index (χ2v) is 6.66. The molecule has 3 rings (SSSR count). The van der Waals surface area contributed by atoms with Gasteiger partial charge in [0, 0.05) is 17.0 Å². The van der Waals surface area contributed by atoms with E-state index in [4.69, 9.17) is 0 Å². The zero-order valence-corrected chi connectivity index (χ0v) is 11.8. The first kappa shape index (κ1) is 12.4. The van der Waals surface area contributed by atoms with Crippen LogP contribution in [0.2, 0.25) is 0 Å². The molecule has 2 aliphatic carbocycles. The third-order valence-corrected chi connectivity index (χ3v) is 5.36. The van der Waals surface area contributed by atoms with E-state index in [1.807, 2.05) is 11.3 Å². The summed E-state index contributed by atoms with van der Waals surface area (Å²) in [7, 11) is 0. The third-order valence-electron chi connectivity index (χ3n) is 4.41. The summed E-state index contributed by atoms with van der Waals surface area (Å²) >= 11 is 1.93. The van der Waals surface area contributed by atoms with Gasteiger partial charge in [0.05, 0.1) is 0 Å². The minimum atomic E-state index is 0.615. The molecular weight excluding hydrogens is 238 g/mol. The average molecular weight is 261 g/mol. The second-order valence-electron chi connectivity index (χ2n) is 5.69. The fourth-order valence-corrected chi connectivity index (χ4v) is 4.29. The van der Waals surface area contributed by atoms with Gasteiger partial charge in [0.25, 0.3) is 0 Å². The van der Waals surface area contributed by atoms with E-state index in [1.54, 1.807) is 4.88 Å². The van der Waals surface area contributed by atoms with Crippen molar-refractivity contribution < 1.29 is 0 Å². The van der Waals surface area contributed by atoms with Crippen molar-refractivity contribution in [1.82, 2.24) is 5.32 Å². The largest absolute Gasteiger partial charge is 0.306 e. The van der Waals surface area contributed by atoms with E-state index >= 15 is 0 Å². The second kappa shape index (κ2) is 6.03. The zero-order valence-electron chi connectivity index (χ0n) is 11.0. The molecule has 98 valence electrons. The van der Waals surface area contributed by atoms with Crippen LogP contribution in [0.3, 0.4) is 0 Å². The lowest BCUT2D eigenvalue weighted by atomic mass is 9.93. The maximum absolute atomic E-state index is 3.96. The lowest BCUT2D eigenvalue weighted by Gasteiger charge is -2.30. The molecule has 0 radical (unpaired) electrons. The minimum Gasteiger partial charge on any atom is -0.306 e. The van der Waals surface area contributed by atoms with Gasteiger partial charge in [-0.3, -0.25) is 0 Å². The molecule has 2 aliphatic rings. The Bertz CT molecular complexity index is 376. The molecule has 1 nitrogen and oxygen atoms in total. The Labute approximate surface area is 114 Å². The zero-order chi connectivity index (χ0) is 12.2. The fourth-order valence-electron chi connectivity index (χ4n) is 3.41. The molecule has 0 aliphatic heterocycles. The molecule has 0 spiro atoms. The predicted octanol–water partition coefficient (Wildman–Crippen LogP) is 4.68. The summed E-state index contributed by atoms with van der Waals surface area (Å²) in [5.74, 6) is 0.870. The van der Waals surface area contributed by atoms with Crippen LogP contribution in [0, 0.1) is 5.92 Å². The summed E-state index contributed by atoms with van der Waals surface area (Å²) in [5, 5.41) is 6.18. The molecule has 18 heavy (non-hydrogen) atoms. The van der Waals surface area contributed by atoms with Crippen molar-refractivity contribution in [2.75, 3.05) is 0 Å². The van der Waals surface area contributed by atoms with Gasteiger partial charge in [-0.25, -0.2) is 0 Å². The average Bonchev–Trinajstić information content (AvgIpc) is 3.11. The van der Waals surface area contributed by atoms with Gasteiger partial charge in [0.2, 0.25) is 0 Å². The first-order chi connectivity index (χ1) is 8.93. The van der Waals surface area contributed by atoms with Crippen LogP contribution in [-0.2, 0) is 0 Å². The highest BCUT2D eigenvalue weighted by molar-refractivity contribution is 7.10. The number of nitrogens with one attached hydrogen (secondary N) is 1. The molecule has 1 fully saturated rings. The van der Waals surface area contributed by atoms with Crippen LogP contribution >= 0.6 is 11.3 Å². The summed E-state index contributed by atoms with van der Waals surface area (Å²) < 4.78 is 0. The van der Waals surface area contributed by atoms with E-state index in [1.165, 1.54) is 44.9 Å². The SMILES string of the molecule is C1=CCC(NC(c2cccs2)C2CCCC2)CC1. The quantitative estimate of drug-likeness (QED) is 0.776. The van der Waals surface area contributed by atoms with E-state index in [-0.39, 0.29) is 0 Å². The van der Waals surface area contributed by atoms with Crippen molar-refractivity contribution in [2.24, 2.45) is 5.92 Å². The highest BCUT2D eigenvalue weighted by Gasteiger charge is 2.28. The Morgan fingerprint density at radius 1 is 1.17 bits per heavy atom. The van der Waals surface area contributed by atoms with Crippen LogP contribution in [-0.4, -0.2) is 6.04 Å². The first-order valence-electron chi connectivity index (χ1n) is 7.38. The smallest absolute Gasteiger partial charge is 0.0445 e. The van der Waals surface area contributed by atoms with Gasteiger partial charge in [-0.05, 0) is 49.5 Å². The molecule has 1 heterocycles. The normalized spacial score (nSPS) is 26.6. The Hall–Kier alpha value is -0.600. The van der Waals surface area contributed by atoms with E-state index in [2.05, 4.69) is 35.0 Å². The molecule has 0 amide bonds. The van der Waals surface area contributed by atoms with Crippen molar-refractivity contribution in [3.63, 3.8) is 0 Å². The van der Waals surface area contributed by atoms with Crippen molar-refractivity contribution in [3.8, 4) is 0 Å². The number of hydrogen-bond donors (Lipinski definition) is 1. The van der Waals surface area contributed by atoms with Crippen LogP contribution in [0.5, 0.6) is 0 Å². The maximum atomic E-state index is 3.96. The Kier molecular flexibility index (Phi) is 4.16. The third kappa shape index (κ3) is 2.86. The summed E-state index contributed by atoms with van der Waals surface area (Å²) in [6.07, 6.45) is 14.1. The van der Waals surface area contributed by atoms with Crippen LogP contribution in [0.1, 0.15) is 55.9 Å². The minimum absolute atomic E-state index is 0.615. The standard InChI is InChI=1S/C16H23NS/c1-2-9-14(10-3-1)17-16(13-7-4-5-8-13)15-11-6-12-18-15/h1-2,6,11-14,16-17H,3-5,7-10H2. The Morgan fingerprint density at radius 2 is 2.06 bits per heavy atom. The summed E-state index contributed by atoms with van der Waals surface area (Å²) in [6.45, 7) is 0. The Morgan fingerprint density at radius 3 is 2.72 bits per heavy atom. The van der Waals surface area contributed by atoms with E-state index in [9.17, 15) is 0 Å². The molecule has 2 heteroatoms. The molecule has 1 saturated carbocycles. The molecule has 1 aromatic heterocycles. The molecular formula is C16H23NS. The molecule has 1 N–H and O–H groups in total. The Balaban J connectivity index is 1.70. The van der Waals surface area contributed by atoms with Gasteiger partial charge in [-0.1, -0.05) is 31.1 Å². The van der Waals surface area contributed by atoms with Crippen LogP contribution in [0.15, 0.2) is 29.7 Å². The molecule has 0 aromatic carbocycles. The summed E-state index contributed by atoms with van der Waals surface area (Å²) in [5.41, 5.74) is 0. The molecule has 1 aromatic rings. The topological polar surface area (TPSA) is 12.0 Å². The van der Waals surface area contributed by atoms with Gasteiger partial charge in [0.15, 0.2) is 0 Å². The van der Waals surface area contributed by atoms with Gasteiger partial charge in [0.1, 0.15) is 0 Å². The molecule has 0 bridgehead atoms. The van der Waals surface area contributed by atoms with E-state index < -0.39 is 0 Å². The van der Waals surface area contributed by atoms with Gasteiger partial charge < -0.3 is 5.32 Å². The molecule has 2 atom stereocenters. The fraction of sp³-hybridized carbons (Fsp3) is 0.625. The van der Waals surface area contributed by atoms with Crippen LogP contribution < -0.4 is 5.32 Å². The number of allylic oxidation sites excluding steroid dienone is 1. The van der Waals surface area contributed by atoms with Gasteiger partial charge >= 0.3 is 0 Å². The predicted molar refractivity (Wildman–Crippen MR) is 78.9 cm³/mol. The van der Waals surface area contributed by atoms with Crippen molar-refractivity contribution >= 4 is 11.3 Å². The highest BCUT2D eigenvalue weighted by Crippen LogP contribution is 2.38. The number of rotatable bonds is 4. The van der Waals surface area contributed by atoms with Crippen LogP contribution in [0.4, 0.5) is 0 Å². The molecule has 0 saturated heterocycles. The first-order valence-corrected chi connectivity index (χ1v) is 8.26. The highest BCUT2D eigenvalue weighted by atomic mass is 32.1. The lowest BCUT2D eigenvalue weighted by molar-refractivity contribution is 0.320.